The number of aromatic nitrogens is 13. The van der Waals surface area contributed by atoms with Gasteiger partial charge in [0.2, 0.25) is 5.78 Å². The van der Waals surface area contributed by atoms with Gasteiger partial charge >= 0.3 is 115 Å². The van der Waals surface area contributed by atoms with Gasteiger partial charge in [0, 0.05) is 82.9 Å². The number of carboxylic acids is 3. The molecule has 0 atom stereocenters. The molecule has 0 spiro atoms. The van der Waals surface area contributed by atoms with E-state index in [1.165, 1.54) is 42.6 Å². The Morgan fingerprint density at radius 1 is 0.487 bits per heavy atom. The summed E-state index contributed by atoms with van der Waals surface area (Å²) in [5, 5.41) is 29.7. The molecule has 0 unspecified atom stereocenters. The maximum Gasteiger partial charge on any atom is 1.00 e. The number of halogens is 2. The number of rotatable bonds is 10. The van der Waals surface area contributed by atoms with Gasteiger partial charge in [-0.3, -0.25) is 66.8 Å². The Kier molecular flexibility index (Phi) is 39.4. The molecule has 0 bridgehead atoms. The number of imidazole rings is 1. The average molecular weight is 1810 g/mol. The van der Waals surface area contributed by atoms with Crippen LogP contribution in [0.4, 0.5) is 0 Å². The van der Waals surface area contributed by atoms with Gasteiger partial charge < -0.3 is 41.5 Å². The summed E-state index contributed by atoms with van der Waals surface area (Å²) in [6.45, 7) is 20.5. The predicted octanol–water partition coefficient (Wildman–Crippen LogP) is 7.65. The first-order valence-electron chi connectivity index (χ1n) is 36.0. The molecule has 29 nitrogen and oxygen atoms in total. The van der Waals surface area contributed by atoms with Crippen molar-refractivity contribution in [1.82, 2.24) is 69.3 Å². The van der Waals surface area contributed by atoms with Crippen molar-refractivity contribution in [1.29, 1.82) is 0 Å². The molecule has 0 saturated carbocycles. The van der Waals surface area contributed by atoms with E-state index in [0.717, 1.165) is 110 Å². The summed E-state index contributed by atoms with van der Waals surface area (Å²) in [6.07, 6.45) is 13.6. The molecule has 119 heavy (non-hydrogen) atoms. The van der Waals surface area contributed by atoms with Crippen LogP contribution < -0.4 is 136 Å². The standard InChI is InChI=1S/C22H21N5O.C22H21N3O4.2C15H16N2O3.C7H6BrNO.C2H4O2.3CH4.BrH.2K.H3N.H2O/c1-22(2)9-8-19-25-17-11-14(6-7-15(17)21(28)27(19)13-22)20-24-12-18(26-20)16-5-3-4-10-23-16;1-22(2)9-8-19-24-17-11-14(6-7-15(17)20(27)25(19)13-22)21(28)29-12-18(26)16-5-3-4-10-23-16;2*1-15(2)6-5-12-16-11-7-9(14(19)20)3-4-10(11)13(18)17(12)8-15;8-5-7(10)6-3-1-2-4-9-6;1-2(3)4;;;;;;;;/h3-7,10-12H,8-9,13H2,1-2H3,(H,24,26);3-7,10-11H,8-9,12-13H2,1-2H3;2*3-4,7H,5-6,8H2,1-2H3,(H,19,20);1-4H,5H2;1H3,(H,3,4);3*1H4;1H;;;1H3;1H2/q;;;;;;;;;;2*+1;;/p-2. The number of hydrogen-bond donors (Lipinski definition) is 4. The molecule has 0 radical (unpaired) electrons. The number of aromatic amines is 1. The van der Waals surface area contributed by atoms with E-state index in [1.54, 1.807) is 86.9 Å². The van der Waals surface area contributed by atoms with Crippen molar-refractivity contribution in [2.45, 2.75) is 162 Å². The molecule has 4 aliphatic heterocycles. The van der Waals surface area contributed by atoms with Gasteiger partial charge in [-0.2, -0.15) is 0 Å². The van der Waals surface area contributed by atoms with Crippen molar-refractivity contribution >= 4 is 112 Å². The topological polar surface area (TPSA) is 447 Å². The molecule has 4 aromatic carbocycles. The molecule has 8 aromatic heterocycles. The minimum Gasteiger partial charge on any atom is -0.870 e. The molecule has 33 heteroatoms. The second-order valence-corrected chi connectivity index (χ2v) is 31.3. The van der Waals surface area contributed by atoms with Crippen LogP contribution in [0.25, 0.3) is 66.4 Å². The van der Waals surface area contributed by atoms with Crippen molar-refractivity contribution in [3.05, 3.63) is 245 Å². The molecule has 0 amide bonds. The largest absolute Gasteiger partial charge is 1.00 e. The van der Waals surface area contributed by atoms with Crippen LogP contribution >= 0.6 is 32.9 Å². The number of benzene rings is 4. The third-order valence-corrected chi connectivity index (χ3v) is 20.0. The summed E-state index contributed by atoms with van der Waals surface area (Å²) in [5.41, 5.74) is 6.04. The van der Waals surface area contributed by atoms with E-state index in [0.29, 0.717) is 75.2 Å². The van der Waals surface area contributed by atoms with E-state index in [1.807, 2.05) is 41.0 Å². The Morgan fingerprint density at radius 2 is 0.832 bits per heavy atom. The molecule has 0 saturated heterocycles. The van der Waals surface area contributed by atoms with E-state index in [-0.39, 0.29) is 232 Å². The number of aryl methyl sites for hydroxylation is 4. The first-order valence-corrected chi connectivity index (χ1v) is 37.2. The van der Waals surface area contributed by atoms with Crippen LogP contribution in [-0.4, -0.2) is 126 Å². The van der Waals surface area contributed by atoms with Gasteiger partial charge in [0.15, 0.2) is 12.4 Å². The van der Waals surface area contributed by atoms with Crippen LogP contribution in [0.15, 0.2) is 171 Å². The normalized spacial score (nSPS) is 14.0. The number of esters is 1. The van der Waals surface area contributed by atoms with Crippen molar-refractivity contribution in [2.24, 2.45) is 21.7 Å². The maximum absolute atomic E-state index is 13.0. The molecule has 7 N–H and O–H groups in total. The monoisotopic (exact) mass is 1800 g/mol. The number of nitrogens with zero attached hydrogens (tertiary/aromatic N) is 12. The number of hydrogen-bond acceptors (Lipinski definition) is 22. The number of Topliss-reactive ketones (excluding diaryl/α,β-unsaturated/α-hetero) is 2. The summed E-state index contributed by atoms with van der Waals surface area (Å²) in [6, 6.07) is 35.2. The van der Waals surface area contributed by atoms with Crippen molar-refractivity contribution in [3.8, 4) is 22.8 Å². The number of nitrogens with one attached hydrogen (secondary N) is 1. The number of alkyl halides is 1. The number of ketones is 2. The first kappa shape index (κ1) is 105. The van der Waals surface area contributed by atoms with E-state index in [4.69, 9.17) is 24.7 Å². The smallest absolute Gasteiger partial charge is 0.870 e. The van der Waals surface area contributed by atoms with Gasteiger partial charge in [-0.05, 0) is 150 Å². The number of pyridine rings is 3. The van der Waals surface area contributed by atoms with Crippen molar-refractivity contribution < 1.29 is 157 Å². The number of aliphatic carboxylic acids is 1. The van der Waals surface area contributed by atoms with E-state index < -0.39 is 30.5 Å². The van der Waals surface area contributed by atoms with Crippen LogP contribution in [-0.2, 0) is 61.4 Å². The number of carbonyl (C=O) groups excluding carboxylic acids is 4. The Hall–Kier alpha value is -8.53. The fraction of sp³-hybridized carbons (Fsp3) is 0.349. The number of H-pyrrole nitrogens is 1. The van der Waals surface area contributed by atoms with Gasteiger partial charge in [0.1, 0.15) is 40.5 Å². The Bertz CT molecular complexity index is 5740. The number of carboxylic acid groups (broad SMARTS) is 3. The fourth-order valence-corrected chi connectivity index (χ4v) is 13.7. The molecular formula is C86H100Br2K2N14O15. The average Bonchev–Trinajstić information content (AvgIpc) is 1.18. The summed E-state index contributed by atoms with van der Waals surface area (Å²) in [4.78, 5) is 155. The van der Waals surface area contributed by atoms with Crippen molar-refractivity contribution in [3.63, 3.8) is 0 Å². The molecule has 0 aliphatic carbocycles. The molecule has 16 rings (SSSR count). The van der Waals surface area contributed by atoms with Gasteiger partial charge in [-0.25, -0.2) is 34.5 Å². The Labute approximate surface area is 792 Å². The predicted molar refractivity (Wildman–Crippen MR) is 457 cm³/mol. The zero-order valence-electron chi connectivity index (χ0n) is 66.4. The summed E-state index contributed by atoms with van der Waals surface area (Å²) in [5.74, 6) is -0.268. The quantitative estimate of drug-likeness (QED) is 0.0442. The zero-order chi connectivity index (χ0) is 79.9. The molecule has 4 aliphatic rings. The fourth-order valence-electron chi connectivity index (χ4n) is 13.4. The number of ether oxygens (including phenoxy) is 1. The van der Waals surface area contributed by atoms with E-state index in [2.05, 4.69) is 111 Å². The zero-order valence-corrected chi connectivity index (χ0v) is 76.0. The van der Waals surface area contributed by atoms with Gasteiger partial charge in [-0.15, -0.1) is 17.0 Å². The summed E-state index contributed by atoms with van der Waals surface area (Å²) in [7, 11) is 0. The molecule has 620 valence electrons. The van der Waals surface area contributed by atoms with Crippen LogP contribution in [0.2, 0.25) is 0 Å². The minimum atomic E-state index is -1.26. The number of fused-ring (bicyclic) bond motifs is 8. The van der Waals surface area contributed by atoms with Gasteiger partial charge in [-0.1, -0.05) is 124 Å². The summed E-state index contributed by atoms with van der Waals surface area (Å²) < 4.78 is 12.1. The molecular weight excluding hydrogens is 1710 g/mol. The first-order chi connectivity index (χ1) is 52.7. The molecule has 12 heterocycles. The second kappa shape index (κ2) is 44.8. The Balaban J connectivity index is 0.000000384. The van der Waals surface area contributed by atoms with Crippen LogP contribution in [0.1, 0.15) is 186 Å². The second-order valence-electron chi connectivity index (χ2n) is 30.7. The Morgan fingerprint density at radius 3 is 1.19 bits per heavy atom. The maximum atomic E-state index is 13.0. The van der Waals surface area contributed by atoms with Gasteiger partial charge in [0.25, 0.3) is 28.2 Å². The van der Waals surface area contributed by atoms with Crippen LogP contribution in [0.3, 0.4) is 0 Å². The molecule has 12 aromatic rings. The number of aromatic carboxylic acids is 2. The van der Waals surface area contributed by atoms with E-state index in [9.17, 15) is 48.3 Å². The summed E-state index contributed by atoms with van der Waals surface area (Å²) >= 11 is 3.06. The molecule has 0 fully saturated rings. The minimum absolute atomic E-state index is 0. The van der Waals surface area contributed by atoms with Gasteiger partial charge in [0.05, 0.1) is 83.6 Å². The van der Waals surface area contributed by atoms with Crippen molar-refractivity contribution in [2.75, 3.05) is 11.9 Å². The SMILES string of the molecule is Br.C.C.C.CC(=O)O.CC1(C)CCc2nc3cc(-c4ncc(-c5ccccn5)[nH]4)ccc3c(=O)n2C1.CC1(C)CCc2nc3cc(C(=O)O)ccc3c(=O)n2C1.CC1(C)CCc2nc3cc(C(=O)OCC(=O)c4ccccn4)ccc3c(=O)n2C1.CC1(C)CCc2nc3cc(C(=O)[O-])ccc3c(=O)n2C1.N.O=C(CBr)c1ccccn1.[K+].[K+].[OH-]. The third kappa shape index (κ3) is 26.3. The van der Waals surface area contributed by atoms with E-state index >= 15 is 0 Å². The van der Waals surface area contributed by atoms with Crippen LogP contribution in [0.5, 0.6) is 0 Å². The third-order valence-electron chi connectivity index (χ3n) is 19.4. The number of carbonyl (C=O) groups is 6. The van der Waals surface area contributed by atoms with Crippen LogP contribution in [0, 0.1) is 21.7 Å².